The zero-order valence-electron chi connectivity index (χ0n) is 17.2. The van der Waals surface area contributed by atoms with E-state index in [0.29, 0.717) is 17.8 Å². The van der Waals surface area contributed by atoms with Gasteiger partial charge in [-0.2, -0.15) is 5.10 Å². The van der Waals surface area contributed by atoms with Crippen LogP contribution in [0.3, 0.4) is 0 Å². The Balaban J connectivity index is 1.41. The second-order valence-electron chi connectivity index (χ2n) is 7.65. The molecule has 1 fully saturated rings. The highest BCUT2D eigenvalue weighted by molar-refractivity contribution is 5.94. The third-order valence-electron chi connectivity index (χ3n) is 5.39. The average Bonchev–Trinajstić information content (AvgIpc) is 3.20. The SMILES string of the molecule is Cc1cc(C(=O)NCc2cccc(C(=O)N3CCCCC3)c2)nn1-c1ccccc1. The number of aryl methyl sites for hydroxylation is 1. The molecular weight excluding hydrogens is 376 g/mol. The lowest BCUT2D eigenvalue weighted by Crippen LogP contribution is -2.35. The van der Waals surface area contributed by atoms with Crippen LogP contribution in [0.15, 0.2) is 60.7 Å². The number of hydrogen-bond acceptors (Lipinski definition) is 3. The Morgan fingerprint density at radius 2 is 1.73 bits per heavy atom. The van der Waals surface area contributed by atoms with Crippen molar-refractivity contribution < 1.29 is 9.59 Å². The van der Waals surface area contributed by atoms with E-state index in [4.69, 9.17) is 0 Å². The largest absolute Gasteiger partial charge is 0.347 e. The zero-order chi connectivity index (χ0) is 20.9. The molecule has 30 heavy (non-hydrogen) atoms. The molecule has 3 aromatic rings. The molecule has 154 valence electrons. The molecule has 2 amide bonds. The molecule has 1 aliphatic heterocycles. The van der Waals surface area contributed by atoms with E-state index < -0.39 is 0 Å². The maximum atomic E-state index is 12.7. The first kappa shape index (κ1) is 19.9. The van der Waals surface area contributed by atoms with Crippen LogP contribution in [0.5, 0.6) is 0 Å². The summed E-state index contributed by atoms with van der Waals surface area (Å²) in [6.07, 6.45) is 3.32. The van der Waals surface area contributed by atoms with Gasteiger partial charge in [-0.3, -0.25) is 9.59 Å². The van der Waals surface area contributed by atoms with Gasteiger partial charge in [0.05, 0.1) is 5.69 Å². The number of likely N-dealkylation sites (tertiary alicyclic amines) is 1. The topological polar surface area (TPSA) is 67.2 Å². The average molecular weight is 402 g/mol. The Labute approximate surface area is 176 Å². The molecule has 1 saturated heterocycles. The van der Waals surface area contributed by atoms with Crippen LogP contribution in [0.2, 0.25) is 0 Å². The minimum atomic E-state index is -0.236. The number of carbonyl (C=O) groups is 2. The molecule has 1 aliphatic rings. The lowest BCUT2D eigenvalue weighted by atomic mass is 10.1. The Kier molecular flexibility index (Phi) is 5.93. The van der Waals surface area contributed by atoms with Crippen molar-refractivity contribution in [3.63, 3.8) is 0 Å². The normalized spacial score (nSPS) is 13.8. The fraction of sp³-hybridized carbons (Fsp3) is 0.292. The predicted octanol–water partition coefficient (Wildman–Crippen LogP) is 3.74. The van der Waals surface area contributed by atoms with Crippen molar-refractivity contribution in [1.82, 2.24) is 20.0 Å². The van der Waals surface area contributed by atoms with Crippen LogP contribution in [0.4, 0.5) is 0 Å². The molecule has 2 heterocycles. The minimum absolute atomic E-state index is 0.0695. The highest BCUT2D eigenvalue weighted by Gasteiger charge is 2.18. The maximum absolute atomic E-state index is 12.7. The molecule has 6 heteroatoms. The van der Waals surface area contributed by atoms with Crippen molar-refractivity contribution in [2.24, 2.45) is 0 Å². The molecule has 2 aromatic carbocycles. The van der Waals surface area contributed by atoms with Gasteiger partial charge in [0, 0.05) is 30.9 Å². The van der Waals surface area contributed by atoms with Gasteiger partial charge >= 0.3 is 0 Å². The summed E-state index contributed by atoms with van der Waals surface area (Å²) in [4.78, 5) is 27.2. The molecule has 0 radical (unpaired) electrons. The third kappa shape index (κ3) is 4.43. The van der Waals surface area contributed by atoms with Crippen molar-refractivity contribution in [3.05, 3.63) is 83.2 Å². The van der Waals surface area contributed by atoms with Gasteiger partial charge in [0.2, 0.25) is 0 Å². The Hall–Kier alpha value is -3.41. The third-order valence-corrected chi connectivity index (χ3v) is 5.39. The van der Waals surface area contributed by atoms with E-state index in [-0.39, 0.29) is 11.8 Å². The standard InChI is InChI=1S/C24H26N4O2/c1-18-15-22(26-28(18)21-11-4-2-5-12-21)23(29)25-17-19-9-8-10-20(16-19)24(30)27-13-6-3-7-14-27/h2,4-5,8-12,15-16H,3,6-7,13-14,17H2,1H3,(H,25,29). The minimum Gasteiger partial charge on any atom is -0.347 e. The molecule has 1 N–H and O–H groups in total. The lowest BCUT2D eigenvalue weighted by molar-refractivity contribution is 0.0724. The number of hydrogen-bond donors (Lipinski definition) is 1. The van der Waals surface area contributed by atoms with Gasteiger partial charge in [-0.15, -0.1) is 0 Å². The maximum Gasteiger partial charge on any atom is 0.272 e. The van der Waals surface area contributed by atoms with Crippen molar-refractivity contribution in [2.45, 2.75) is 32.7 Å². The van der Waals surface area contributed by atoms with Crippen LogP contribution in [0.1, 0.15) is 51.4 Å². The number of piperidine rings is 1. The summed E-state index contributed by atoms with van der Waals surface area (Å²) >= 11 is 0. The zero-order valence-corrected chi connectivity index (χ0v) is 17.2. The summed E-state index contributed by atoms with van der Waals surface area (Å²) in [5.41, 5.74) is 3.74. The van der Waals surface area contributed by atoms with E-state index in [9.17, 15) is 9.59 Å². The number of benzene rings is 2. The molecule has 0 spiro atoms. The summed E-state index contributed by atoms with van der Waals surface area (Å²) in [6, 6.07) is 19.0. The Bertz CT molecular complexity index is 1040. The predicted molar refractivity (Wildman–Crippen MR) is 116 cm³/mol. The highest BCUT2D eigenvalue weighted by Crippen LogP contribution is 2.15. The molecule has 6 nitrogen and oxygen atoms in total. The molecular formula is C24H26N4O2. The molecule has 0 aliphatic carbocycles. The number of aromatic nitrogens is 2. The van der Waals surface area contributed by atoms with Crippen molar-refractivity contribution in [3.8, 4) is 5.69 Å². The summed E-state index contributed by atoms with van der Waals surface area (Å²) < 4.78 is 1.76. The van der Waals surface area contributed by atoms with Gasteiger partial charge in [-0.05, 0) is 62.1 Å². The van der Waals surface area contributed by atoms with Crippen molar-refractivity contribution >= 4 is 11.8 Å². The molecule has 0 saturated carbocycles. The Morgan fingerprint density at radius 3 is 2.50 bits per heavy atom. The smallest absolute Gasteiger partial charge is 0.272 e. The summed E-state index contributed by atoms with van der Waals surface area (Å²) in [5.74, 6) is -0.166. The summed E-state index contributed by atoms with van der Waals surface area (Å²) in [5, 5.41) is 7.36. The fourth-order valence-electron chi connectivity index (χ4n) is 3.78. The number of para-hydroxylation sites is 1. The number of nitrogens with zero attached hydrogens (tertiary/aromatic N) is 3. The van der Waals surface area contributed by atoms with Crippen LogP contribution < -0.4 is 5.32 Å². The lowest BCUT2D eigenvalue weighted by Gasteiger charge is -2.26. The molecule has 4 rings (SSSR count). The van der Waals surface area contributed by atoms with Crippen LogP contribution >= 0.6 is 0 Å². The van der Waals surface area contributed by atoms with Crippen molar-refractivity contribution in [1.29, 1.82) is 0 Å². The van der Waals surface area contributed by atoms with Gasteiger partial charge in [0.1, 0.15) is 0 Å². The second-order valence-corrected chi connectivity index (χ2v) is 7.65. The quantitative estimate of drug-likeness (QED) is 0.707. The summed E-state index contributed by atoms with van der Waals surface area (Å²) in [7, 11) is 0. The van der Waals surface area contributed by atoms with E-state index in [1.54, 1.807) is 10.7 Å². The second kappa shape index (κ2) is 8.95. The van der Waals surface area contributed by atoms with Gasteiger partial charge in [-0.1, -0.05) is 30.3 Å². The van der Waals surface area contributed by atoms with Gasteiger partial charge in [-0.25, -0.2) is 4.68 Å². The Morgan fingerprint density at radius 1 is 0.967 bits per heavy atom. The fourth-order valence-corrected chi connectivity index (χ4v) is 3.78. The molecule has 1 aromatic heterocycles. The number of rotatable bonds is 5. The van der Waals surface area contributed by atoms with Crippen LogP contribution in [-0.2, 0) is 6.54 Å². The monoisotopic (exact) mass is 402 g/mol. The summed E-state index contributed by atoms with van der Waals surface area (Å²) in [6.45, 7) is 3.91. The molecule has 0 atom stereocenters. The van der Waals surface area contributed by atoms with Crippen LogP contribution in [-0.4, -0.2) is 39.6 Å². The first-order chi connectivity index (χ1) is 14.6. The van der Waals surface area contributed by atoms with Gasteiger partial charge in [0.15, 0.2) is 5.69 Å². The molecule has 0 unspecified atom stereocenters. The number of carbonyl (C=O) groups excluding carboxylic acids is 2. The highest BCUT2D eigenvalue weighted by atomic mass is 16.2. The van der Waals surface area contributed by atoms with Crippen molar-refractivity contribution in [2.75, 3.05) is 13.1 Å². The van der Waals surface area contributed by atoms with Crippen LogP contribution in [0, 0.1) is 6.92 Å². The first-order valence-corrected chi connectivity index (χ1v) is 10.4. The van der Waals surface area contributed by atoms with Gasteiger partial charge in [0.25, 0.3) is 11.8 Å². The van der Waals surface area contributed by atoms with E-state index in [0.717, 1.165) is 42.9 Å². The first-order valence-electron chi connectivity index (χ1n) is 10.4. The number of amides is 2. The van der Waals surface area contributed by atoms with E-state index >= 15 is 0 Å². The van der Waals surface area contributed by atoms with E-state index in [1.807, 2.05) is 66.4 Å². The van der Waals surface area contributed by atoms with Gasteiger partial charge < -0.3 is 10.2 Å². The number of nitrogens with one attached hydrogen (secondary N) is 1. The molecule has 0 bridgehead atoms. The van der Waals surface area contributed by atoms with E-state index in [2.05, 4.69) is 10.4 Å². The van der Waals surface area contributed by atoms with E-state index in [1.165, 1.54) is 6.42 Å². The van der Waals surface area contributed by atoms with Crippen LogP contribution in [0.25, 0.3) is 5.69 Å².